The third kappa shape index (κ3) is 4.58. The lowest BCUT2D eigenvalue weighted by atomic mass is 10.1. The summed E-state index contributed by atoms with van der Waals surface area (Å²) in [7, 11) is 0. The van der Waals surface area contributed by atoms with Gasteiger partial charge in [0.15, 0.2) is 5.96 Å². The van der Waals surface area contributed by atoms with Gasteiger partial charge in [0.2, 0.25) is 0 Å². The Morgan fingerprint density at radius 2 is 1.96 bits per heavy atom. The lowest BCUT2D eigenvalue weighted by Crippen LogP contribution is -2.32. The van der Waals surface area contributed by atoms with Crippen LogP contribution >= 0.6 is 23.4 Å². The highest BCUT2D eigenvalue weighted by Crippen LogP contribution is 2.41. The van der Waals surface area contributed by atoms with E-state index in [0.717, 1.165) is 12.0 Å². The van der Waals surface area contributed by atoms with E-state index in [1.54, 1.807) is 12.1 Å². The number of nitrogens with zero attached hydrogens (tertiary/aromatic N) is 1. The van der Waals surface area contributed by atoms with E-state index in [9.17, 15) is 13.2 Å². The van der Waals surface area contributed by atoms with Crippen LogP contribution in [0.25, 0.3) is 0 Å². The highest BCUT2D eigenvalue weighted by atomic mass is 35.5. The van der Waals surface area contributed by atoms with Gasteiger partial charge >= 0.3 is 5.51 Å². The first kappa shape index (κ1) is 18.5. The highest BCUT2D eigenvalue weighted by Gasteiger charge is 2.30. The van der Waals surface area contributed by atoms with Crippen molar-refractivity contribution in [2.45, 2.75) is 23.7 Å². The fraction of sp³-hybridized carbons (Fsp3) is 0.188. The number of hydrogen-bond donors (Lipinski definition) is 2. The Morgan fingerprint density at radius 1 is 1.25 bits per heavy atom. The number of alkyl halides is 3. The molecule has 0 unspecified atom stereocenters. The Kier molecular flexibility index (Phi) is 5.66. The third-order valence-corrected chi connectivity index (χ3v) is 4.25. The van der Waals surface area contributed by atoms with Gasteiger partial charge in [-0.05, 0) is 54.1 Å². The summed E-state index contributed by atoms with van der Waals surface area (Å²) in [5.74, 6) is -0.334. The molecule has 0 amide bonds. The van der Waals surface area contributed by atoms with Crippen LogP contribution in [-0.4, -0.2) is 11.5 Å². The predicted octanol–water partition coefficient (Wildman–Crippen LogP) is 5.55. The van der Waals surface area contributed by atoms with Crippen molar-refractivity contribution in [3.63, 3.8) is 0 Å². The number of thioether (sulfide) groups is 1. The molecule has 2 aromatic carbocycles. The molecule has 0 saturated carbocycles. The van der Waals surface area contributed by atoms with Crippen LogP contribution in [0.2, 0.25) is 5.02 Å². The molecule has 0 saturated heterocycles. The topological polar surface area (TPSA) is 53.1 Å². The molecule has 0 aliphatic rings. The molecule has 3 N–H and O–H groups in total. The summed E-state index contributed by atoms with van der Waals surface area (Å²) >= 11 is 5.90. The van der Waals surface area contributed by atoms with Gasteiger partial charge in [-0.2, -0.15) is 13.2 Å². The SMILES string of the molecule is CCc1cccc(N(C(=N)N)c2cc(SC(F)(F)F)ccc2Cl)c1. The molecule has 0 bridgehead atoms. The van der Waals surface area contributed by atoms with Crippen molar-refractivity contribution in [1.29, 1.82) is 5.41 Å². The lowest BCUT2D eigenvalue weighted by molar-refractivity contribution is -0.0328. The molecule has 0 radical (unpaired) electrons. The van der Waals surface area contributed by atoms with Crippen LogP contribution in [-0.2, 0) is 6.42 Å². The molecule has 0 spiro atoms. The van der Waals surface area contributed by atoms with Crippen molar-refractivity contribution in [1.82, 2.24) is 0 Å². The van der Waals surface area contributed by atoms with E-state index in [0.29, 0.717) is 5.69 Å². The average Bonchev–Trinajstić information content (AvgIpc) is 2.49. The number of guanidine groups is 1. The minimum Gasteiger partial charge on any atom is -0.369 e. The number of aryl methyl sites for hydroxylation is 1. The second-order valence-corrected chi connectivity index (χ2v) is 6.45. The monoisotopic (exact) mass is 373 g/mol. The molecule has 2 rings (SSSR count). The summed E-state index contributed by atoms with van der Waals surface area (Å²) in [5.41, 5.74) is 3.06. The minimum absolute atomic E-state index is 0.0280. The molecule has 128 valence electrons. The second-order valence-electron chi connectivity index (χ2n) is 4.91. The standard InChI is InChI=1S/C16H15ClF3N3S/c1-2-10-4-3-5-11(8-10)23(15(21)22)14-9-12(6-7-13(14)17)24-16(18,19)20/h3-9H,2H2,1H3,(H3,21,22). The van der Waals surface area contributed by atoms with Gasteiger partial charge in [0.1, 0.15) is 0 Å². The molecule has 0 fully saturated rings. The second kappa shape index (κ2) is 7.36. The maximum atomic E-state index is 12.6. The first-order valence-corrected chi connectivity index (χ1v) is 8.19. The summed E-state index contributed by atoms with van der Waals surface area (Å²) in [6, 6.07) is 11.2. The van der Waals surface area contributed by atoms with Crippen LogP contribution in [0, 0.1) is 5.41 Å². The average molecular weight is 374 g/mol. The number of nitrogens with two attached hydrogens (primary N) is 1. The van der Waals surface area contributed by atoms with Gasteiger partial charge in [-0.3, -0.25) is 10.3 Å². The van der Waals surface area contributed by atoms with Crippen LogP contribution < -0.4 is 10.6 Å². The first-order valence-electron chi connectivity index (χ1n) is 6.99. The number of hydrogen-bond acceptors (Lipinski definition) is 2. The minimum atomic E-state index is -4.41. The smallest absolute Gasteiger partial charge is 0.369 e. The normalized spacial score (nSPS) is 11.4. The molecule has 8 heteroatoms. The zero-order chi connectivity index (χ0) is 17.9. The Morgan fingerprint density at radius 3 is 2.54 bits per heavy atom. The Hall–Kier alpha value is -1.86. The molecule has 0 aliphatic carbocycles. The summed E-state index contributed by atoms with van der Waals surface area (Å²) in [6.07, 6.45) is 0.775. The van der Waals surface area contributed by atoms with Crippen molar-refractivity contribution in [3.05, 3.63) is 53.1 Å². The van der Waals surface area contributed by atoms with Crippen molar-refractivity contribution in [3.8, 4) is 0 Å². The Balaban J connectivity index is 2.51. The van der Waals surface area contributed by atoms with Crippen LogP contribution in [0.3, 0.4) is 0 Å². The van der Waals surface area contributed by atoms with Crippen molar-refractivity contribution in [2.24, 2.45) is 5.73 Å². The summed E-state index contributed by atoms with van der Waals surface area (Å²) in [5, 5.41) is 8.02. The van der Waals surface area contributed by atoms with Crippen LogP contribution in [0.1, 0.15) is 12.5 Å². The van der Waals surface area contributed by atoms with E-state index in [1.807, 2.05) is 19.1 Å². The molecular formula is C16H15ClF3N3S. The van der Waals surface area contributed by atoms with Gasteiger partial charge in [-0.25, -0.2) is 0 Å². The maximum absolute atomic E-state index is 12.6. The molecule has 24 heavy (non-hydrogen) atoms. The first-order chi connectivity index (χ1) is 11.2. The third-order valence-electron chi connectivity index (χ3n) is 3.21. The van der Waals surface area contributed by atoms with Crippen LogP contribution in [0.15, 0.2) is 47.4 Å². The van der Waals surface area contributed by atoms with E-state index >= 15 is 0 Å². The number of rotatable bonds is 4. The molecule has 0 aliphatic heterocycles. The van der Waals surface area contributed by atoms with E-state index in [-0.39, 0.29) is 33.3 Å². The van der Waals surface area contributed by atoms with Gasteiger partial charge in [-0.15, -0.1) is 0 Å². The highest BCUT2D eigenvalue weighted by molar-refractivity contribution is 8.00. The number of nitrogens with one attached hydrogen (secondary N) is 1. The summed E-state index contributed by atoms with van der Waals surface area (Å²) in [4.78, 5) is 1.29. The number of halogens is 4. The van der Waals surface area contributed by atoms with Gasteiger partial charge in [-0.1, -0.05) is 30.7 Å². The molecule has 3 nitrogen and oxygen atoms in total. The number of benzene rings is 2. The van der Waals surface area contributed by atoms with Crippen molar-refractivity contribution in [2.75, 3.05) is 4.90 Å². The van der Waals surface area contributed by atoms with Gasteiger partial charge < -0.3 is 5.73 Å². The molecule has 0 aromatic heterocycles. The fourth-order valence-electron chi connectivity index (χ4n) is 2.18. The van der Waals surface area contributed by atoms with Gasteiger partial charge in [0.25, 0.3) is 0 Å². The quantitative estimate of drug-likeness (QED) is 0.420. The van der Waals surface area contributed by atoms with Crippen LogP contribution in [0.4, 0.5) is 24.5 Å². The van der Waals surface area contributed by atoms with E-state index in [2.05, 4.69) is 0 Å². The zero-order valence-corrected chi connectivity index (χ0v) is 14.3. The molecule has 0 heterocycles. The van der Waals surface area contributed by atoms with E-state index in [1.165, 1.54) is 23.1 Å². The predicted molar refractivity (Wildman–Crippen MR) is 93.2 cm³/mol. The van der Waals surface area contributed by atoms with Crippen molar-refractivity contribution >= 4 is 40.7 Å². The largest absolute Gasteiger partial charge is 0.446 e. The Bertz CT molecular complexity index is 750. The molecule has 0 atom stereocenters. The summed E-state index contributed by atoms with van der Waals surface area (Å²) in [6.45, 7) is 1.98. The zero-order valence-electron chi connectivity index (χ0n) is 12.7. The van der Waals surface area contributed by atoms with E-state index in [4.69, 9.17) is 22.7 Å². The number of anilines is 2. The fourth-order valence-corrected chi connectivity index (χ4v) is 2.96. The van der Waals surface area contributed by atoms with E-state index < -0.39 is 5.51 Å². The van der Waals surface area contributed by atoms with Gasteiger partial charge in [0.05, 0.1) is 10.7 Å². The van der Waals surface area contributed by atoms with Crippen LogP contribution in [0.5, 0.6) is 0 Å². The van der Waals surface area contributed by atoms with Gasteiger partial charge in [0, 0.05) is 10.6 Å². The van der Waals surface area contributed by atoms with Crippen molar-refractivity contribution < 1.29 is 13.2 Å². The lowest BCUT2D eigenvalue weighted by Gasteiger charge is -2.25. The summed E-state index contributed by atoms with van der Waals surface area (Å²) < 4.78 is 37.8. The maximum Gasteiger partial charge on any atom is 0.446 e. The Labute approximate surface area is 147 Å². The molecular weight excluding hydrogens is 359 g/mol. The molecule has 2 aromatic rings.